The molecule has 2 heterocycles. The lowest BCUT2D eigenvalue weighted by molar-refractivity contribution is 0.979. The van der Waals surface area contributed by atoms with Gasteiger partial charge in [-0.3, -0.25) is 0 Å². The van der Waals surface area contributed by atoms with Crippen molar-refractivity contribution in [3.8, 4) is 10.7 Å². The van der Waals surface area contributed by atoms with Crippen LogP contribution in [-0.2, 0) is 6.54 Å². The van der Waals surface area contributed by atoms with E-state index in [1.807, 2.05) is 6.07 Å². The third-order valence-corrected chi connectivity index (χ3v) is 5.14. The Hall–Kier alpha value is -1.78. The second kappa shape index (κ2) is 4.90. The van der Waals surface area contributed by atoms with Gasteiger partial charge in [-0.25, -0.2) is 9.97 Å². The van der Waals surface area contributed by atoms with Gasteiger partial charge in [-0.2, -0.15) is 0 Å². The maximum atomic E-state index is 5.88. The fourth-order valence-corrected chi connectivity index (χ4v) is 3.74. The summed E-state index contributed by atoms with van der Waals surface area (Å²) in [5.74, 6) is 0.634. The van der Waals surface area contributed by atoms with Gasteiger partial charge in [0.1, 0.15) is 5.01 Å². The molecule has 0 atom stereocenters. The van der Waals surface area contributed by atoms with Crippen molar-refractivity contribution in [3.63, 3.8) is 0 Å². The number of para-hydroxylation sites is 1. The minimum absolute atomic E-state index is 0.579. The first-order valence-corrected chi connectivity index (χ1v) is 8.14. The van der Waals surface area contributed by atoms with Crippen LogP contribution in [0.15, 0.2) is 30.3 Å². The summed E-state index contributed by atoms with van der Waals surface area (Å²) in [4.78, 5) is 10.8. The highest BCUT2D eigenvalue weighted by atomic mass is 32.1. The van der Waals surface area contributed by atoms with Crippen LogP contribution in [0.25, 0.3) is 21.6 Å². The number of nitrogens with two attached hydrogens (primary N) is 1. The van der Waals surface area contributed by atoms with Crippen molar-refractivity contribution in [2.75, 3.05) is 0 Å². The van der Waals surface area contributed by atoms with Crippen LogP contribution in [0, 0.1) is 6.92 Å². The van der Waals surface area contributed by atoms with Gasteiger partial charge in [0, 0.05) is 22.7 Å². The molecule has 4 heteroatoms. The van der Waals surface area contributed by atoms with E-state index >= 15 is 0 Å². The van der Waals surface area contributed by atoms with E-state index in [-0.39, 0.29) is 0 Å². The van der Waals surface area contributed by atoms with Crippen molar-refractivity contribution >= 4 is 22.2 Å². The summed E-state index contributed by atoms with van der Waals surface area (Å²) >= 11 is 1.70. The molecule has 1 aliphatic rings. The van der Waals surface area contributed by atoms with E-state index in [0.29, 0.717) is 12.5 Å². The zero-order chi connectivity index (χ0) is 14.4. The van der Waals surface area contributed by atoms with Gasteiger partial charge in [-0.15, -0.1) is 11.3 Å². The molecule has 1 aliphatic carbocycles. The average molecular weight is 295 g/mol. The maximum Gasteiger partial charge on any atom is 0.142 e. The molecule has 0 saturated heterocycles. The number of hydrogen-bond acceptors (Lipinski definition) is 4. The second-order valence-electron chi connectivity index (χ2n) is 5.65. The van der Waals surface area contributed by atoms with Crippen LogP contribution in [0.4, 0.5) is 0 Å². The number of aromatic nitrogens is 2. The molecule has 106 valence electrons. The van der Waals surface area contributed by atoms with E-state index < -0.39 is 0 Å². The Balaban J connectivity index is 1.86. The fraction of sp³-hybridized carbons (Fsp3) is 0.294. The van der Waals surface area contributed by atoms with Gasteiger partial charge in [0.15, 0.2) is 0 Å². The standard InChI is InChI=1S/C17H17N3S/c1-10-8-14(19-13-5-3-2-4-12(10)13)17-20-16(11-6-7-11)15(9-18)21-17/h2-5,8,11H,6-7,9,18H2,1H3. The lowest BCUT2D eigenvalue weighted by Gasteiger charge is -2.04. The van der Waals surface area contributed by atoms with Crippen LogP contribution in [0.5, 0.6) is 0 Å². The molecule has 3 nitrogen and oxygen atoms in total. The third-order valence-electron chi connectivity index (χ3n) is 4.02. The third kappa shape index (κ3) is 2.24. The average Bonchev–Trinajstić information content (AvgIpc) is 3.26. The number of pyridine rings is 1. The summed E-state index contributed by atoms with van der Waals surface area (Å²) in [6.45, 7) is 2.71. The first-order chi connectivity index (χ1) is 10.3. The highest BCUT2D eigenvalue weighted by Gasteiger charge is 2.29. The van der Waals surface area contributed by atoms with Crippen LogP contribution >= 0.6 is 11.3 Å². The topological polar surface area (TPSA) is 51.8 Å². The maximum absolute atomic E-state index is 5.88. The van der Waals surface area contributed by atoms with Crippen LogP contribution in [0.2, 0.25) is 0 Å². The summed E-state index contributed by atoms with van der Waals surface area (Å²) in [7, 11) is 0. The minimum atomic E-state index is 0.579. The van der Waals surface area contributed by atoms with Gasteiger partial charge in [0.2, 0.25) is 0 Å². The molecule has 2 aromatic heterocycles. The molecule has 2 N–H and O–H groups in total. The molecular weight excluding hydrogens is 278 g/mol. The normalized spacial score (nSPS) is 14.8. The Labute approximate surface area is 127 Å². The monoisotopic (exact) mass is 295 g/mol. The van der Waals surface area contributed by atoms with Crippen molar-refractivity contribution in [2.24, 2.45) is 5.73 Å². The predicted molar refractivity (Wildman–Crippen MR) is 87.5 cm³/mol. The molecule has 0 radical (unpaired) electrons. The van der Waals surface area contributed by atoms with E-state index in [4.69, 9.17) is 15.7 Å². The van der Waals surface area contributed by atoms with Crippen LogP contribution in [0.1, 0.15) is 34.9 Å². The number of rotatable bonds is 3. The van der Waals surface area contributed by atoms with E-state index in [0.717, 1.165) is 16.2 Å². The SMILES string of the molecule is Cc1cc(-c2nc(C3CC3)c(CN)s2)nc2ccccc12. The number of aryl methyl sites for hydroxylation is 1. The van der Waals surface area contributed by atoms with Crippen molar-refractivity contribution < 1.29 is 0 Å². The van der Waals surface area contributed by atoms with Gasteiger partial charge in [0.25, 0.3) is 0 Å². The lowest BCUT2D eigenvalue weighted by Crippen LogP contribution is -1.96. The molecule has 1 fully saturated rings. The molecule has 1 saturated carbocycles. The molecule has 21 heavy (non-hydrogen) atoms. The summed E-state index contributed by atoms with van der Waals surface area (Å²) in [5, 5.41) is 2.21. The quantitative estimate of drug-likeness (QED) is 0.794. The zero-order valence-corrected chi connectivity index (χ0v) is 12.8. The molecule has 4 rings (SSSR count). The molecule has 0 spiro atoms. The van der Waals surface area contributed by atoms with E-state index in [1.54, 1.807) is 11.3 Å². The number of fused-ring (bicyclic) bond motifs is 1. The van der Waals surface area contributed by atoms with Crippen LogP contribution < -0.4 is 5.73 Å². The molecule has 3 aromatic rings. The van der Waals surface area contributed by atoms with E-state index in [9.17, 15) is 0 Å². The van der Waals surface area contributed by atoms with Gasteiger partial charge in [-0.1, -0.05) is 18.2 Å². The van der Waals surface area contributed by atoms with E-state index in [2.05, 4.69) is 31.2 Å². The van der Waals surface area contributed by atoms with Crippen molar-refractivity contribution in [2.45, 2.75) is 32.2 Å². The second-order valence-corrected chi connectivity index (χ2v) is 6.73. The molecule has 0 bridgehead atoms. The highest BCUT2D eigenvalue weighted by molar-refractivity contribution is 7.15. The van der Waals surface area contributed by atoms with Crippen molar-refractivity contribution in [1.29, 1.82) is 0 Å². The summed E-state index contributed by atoms with van der Waals surface area (Å²) in [6.07, 6.45) is 2.50. The van der Waals surface area contributed by atoms with Gasteiger partial charge < -0.3 is 5.73 Å². The molecule has 0 unspecified atom stereocenters. The fourth-order valence-electron chi connectivity index (χ4n) is 2.75. The number of benzene rings is 1. The van der Waals surface area contributed by atoms with Gasteiger partial charge in [-0.05, 0) is 37.5 Å². The van der Waals surface area contributed by atoms with Crippen LogP contribution in [0.3, 0.4) is 0 Å². The Morgan fingerprint density at radius 2 is 2.05 bits per heavy atom. The Morgan fingerprint density at radius 3 is 2.81 bits per heavy atom. The summed E-state index contributed by atoms with van der Waals surface area (Å²) in [6, 6.07) is 10.4. The lowest BCUT2D eigenvalue weighted by atomic mass is 10.1. The largest absolute Gasteiger partial charge is 0.326 e. The first kappa shape index (κ1) is 12.9. The summed E-state index contributed by atoms with van der Waals surface area (Å²) < 4.78 is 0. The first-order valence-electron chi connectivity index (χ1n) is 7.32. The van der Waals surface area contributed by atoms with E-state index in [1.165, 1.54) is 34.4 Å². The smallest absolute Gasteiger partial charge is 0.142 e. The van der Waals surface area contributed by atoms with Gasteiger partial charge >= 0.3 is 0 Å². The zero-order valence-electron chi connectivity index (χ0n) is 12.0. The van der Waals surface area contributed by atoms with Gasteiger partial charge in [0.05, 0.1) is 16.9 Å². The minimum Gasteiger partial charge on any atom is -0.326 e. The molecular formula is C17H17N3S. The summed E-state index contributed by atoms with van der Waals surface area (Å²) in [5.41, 5.74) is 10.3. The number of hydrogen-bond donors (Lipinski definition) is 1. The molecule has 0 amide bonds. The van der Waals surface area contributed by atoms with Crippen molar-refractivity contribution in [3.05, 3.63) is 46.5 Å². The Bertz CT molecular complexity index is 818. The number of thiazole rings is 1. The highest BCUT2D eigenvalue weighted by Crippen LogP contribution is 2.44. The van der Waals surface area contributed by atoms with Crippen LogP contribution in [-0.4, -0.2) is 9.97 Å². The molecule has 0 aliphatic heterocycles. The van der Waals surface area contributed by atoms with Crippen molar-refractivity contribution in [1.82, 2.24) is 9.97 Å². The molecule has 1 aromatic carbocycles. The number of nitrogens with zero attached hydrogens (tertiary/aromatic N) is 2. The Morgan fingerprint density at radius 1 is 1.24 bits per heavy atom. The predicted octanol–water partition coefficient (Wildman–Crippen LogP) is 4.00. The Kier molecular flexibility index (Phi) is 3.01.